The van der Waals surface area contributed by atoms with Crippen LogP contribution in [0.1, 0.15) is 25.1 Å². The fourth-order valence-corrected chi connectivity index (χ4v) is 2.15. The van der Waals surface area contributed by atoms with Crippen molar-refractivity contribution in [2.24, 2.45) is 5.92 Å². The summed E-state index contributed by atoms with van der Waals surface area (Å²) in [6.07, 6.45) is -3.24. The molecule has 21 heavy (non-hydrogen) atoms. The van der Waals surface area contributed by atoms with Crippen LogP contribution in [-0.2, 0) is 12.6 Å². The molecule has 0 aliphatic heterocycles. The Balaban J connectivity index is 2.43. The SMILES string of the molecule is CC(C)Cc1cc(=O)n(-c2ncc(C(F)(F)F)cc2Cl)[nH]1. The summed E-state index contributed by atoms with van der Waals surface area (Å²) in [6.45, 7) is 3.97. The van der Waals surface area contributed by atoms with Crippen LogP contribution < -0.4 is 5.56 Å². The summed E-state index contributed by atoms with van der Waals surface area (Å²) in [5.74, 6) is 0.275. The third-order valence-electron chi connectivity index (χ3n) is 2.76. The smallest absolute Gasteiger partial charge is 0.294 e. The maximum absolute atomic E-state index is 12.6. The lowest BCUT2D eigenvalue weighted by Gasteiger charge is -2.09. The van der Waals surface area contributed by atoms with E-state index in [4.69, 9.17) is 11.6 Å². The molecule has 2 heterocycles. The summed E-state index contributed by atoms with van der Waals surface area (Å²) in [5.41, 5.74) is -0.703. The van der Waals surface area contributed by atoms with E-state index in [2.05, 4.69) is 10.1 Å². The van der Waals surface area contributed by atoms with Crippen molar-refractivity contribution in [3.63, 3.8) is 0 Å². The third kappa shape index (κ3) is 3.47. The summed E-state index contributed by atoms with van der Waals surface area (Å²) < 4.78 is 38.7. The van der Waals surface area contributed by atoms with Gasteiger partial charge in [0.1, 0.15) is 0 Å². The topological polar surface area (TPSA) is 50.7 Å². The summed E-state index contributed by atoms with van der Waals surface area (Å²) in [5, 5.41) is 2.56. The Kier molecular flexibility index (Phi) is 4.13. The molecule has 2 aromatic rings. The predicted molar refractivity (Wildman–Crippen MR) is 72.7 cm³/mol. The number of pyridine rings is 1. The van der Waals surface area contributed by atoms with Gasteiger partial charge in [-0.15, -0.1) is 0 Å². The second kappa shape index (κ2) is 5.55. The molecule has 0 aliphatic carbocycles. The van der Waals surface area contributed by atoms with Crippen molar-refractivity contribution in [2.75, 3.05) is 0 Å². The molecular weight excluding hydrogens is 307 g/mol. The number of aromatic amines is 1. The fourth-order valence-electron chi connectivity index (χ4n) is 1.90. The Hall–Kier alpha value is -1.76. The molecule has 1 N–H and O–H groups in total. The minimum atomic E-state index is -4.53. The fraction of sp³-hybridized carbons (Fsp3) is 0.385. The van der Waals surface area contributed by atoms with Crippen LogP contribution in [0.5, 0.6) is 0 Å². The summed E-state index contributed by atoms with van der Waals surface area (Å²) in [7, 11) is 0. The first kappa shape index (κ1) is 15.6. The van der Waals surface area contributed by atoms with E-state index in [0.717, 1.165) is 10.7 Å². The molecule has 0 fully saturated rings. The van der Waals surface area contributed by atoms with E-state index >= 15 is 0 Å². The van der Waals surface area contributed by atoms with Gasteiger partial charge < -0.3 is 0 Å². The van der Waals surface area contributed by atoms with Crippen molar-refractivity contribution in [1.29, 1.82) is 0 Å². The number of rotatable bonds is 3. The van der Waals surface area contributed by atoms with Crippen LogP contribution in [0.25, 0.3) is 5.82 Å². The highest BCUT2D eigenvalue weighted by Crippen LogP contribution is 2.31. The Morgan fingerprint density at radius 1 is 1.38 bits per heavy atom. The van der Waals surface area contributed by atoms with Gasteiger partial charge in [0.2, 0.25) is 0 Å². The van der Waals surface area contributed by atoms with Crippen molar-refractivity contribution in [2.45, 2.75) is 26.4 Å². The standard InChI is InChI=1S/C13H13ClF3N3O/c1-7(2)3-9-5-11(21)20(19-9)12-10(14)4-8(6-18-12)13(15,16)17/h4-7,19H,3H2,1-2H3. The van der Waals surface area contributed by atoms with Gasteiger partial charge in [-0.2, -0.15) is 17.9 Å². The first-order valence-corrected chi connectivity index (χ1v) is 6.60. The average molecular weight is 320 g/mol. The van der Waals surface area contributed by atoms with Crippen LogP contribution in [0.15, 0.2) is 23.1 Å². The molecule has 2 aromatic heterocycles. The van der Waals surface area contributed by atoms with Gasteiger partial charge in [0.25, 0.3) is 5.56 Å². The molecule has 0 radical (unpaired) electrons. The number of nitrogens with one attached hydrogen (secondary N) is 1. The lowest BCUT2D eigenvalue weighted by atomic mass is 10.1. The van der Waals surface area contributed by atoms with Gasteiger partial charge in [0.15, 0.2) is 5.82 Å². The summed E-state index contributed by atoms with van der Waals surface area (Å²) in [6, 6.07) is 2.13. The van der Waals surface area contributed by atoms with Gasteiger partial charge in [0, 0.05) is 18.0 Å². The van der Waals surface area contributed by atoms with Crippen molar-refractivity contribution in [1.82, 2.24) is 14.8 Å². The zero-order valence-electron chi connectivity index (χ0n) is 11.3. The Labute approximate surface area is 123 Å². The van der Waals surface area contributed by atoms with Gasteiger partial charge in [0.05, 0.1) is 10.6 Å². The number of halogens is 4. The van der Waals surface area contributed by atoms with Gasteiger partial charge in [-0.3, -0.25) is 9.89 Å². The van der Waals surface area contributed by atoms with Crippen LogP contribution >= 0.6 is 11.6 Å². The third-order valence-corrected chi connectivity index (χ3v) is 3.04. The molecule has 0 bridgehead atoms. The van der Waals surface area contributed by atoms with Gasteiger partial charge in [-0.25, -0.2) is 4.98 Å². The molecule has 8 heteroatoms. The van der Waals surface area contributed by atoms with Crippen LogP contribution in [0, 0.1) is 5.92 Å². The Bertz CT molecular complexity index is 703. The zero-order valence-corrected chi connectivity index (χ0v) is 12.1. The normalized spacial score (nSPS) is 12.1. The number of H-pyrrole nitrogens is 1. The van der Waals surface area contributed by atoms with Crippen molar-refractivity contribution < 1.29 is 13.2 Å². The van der Waals surface area contributed by atoms with E-state index in [9.17, 15) is 18.0 Å². The van der Waals surface area contributed by atoms with Crippen molar-refractivity contribution in [3.05, 3.63) is 45.0 Å². The van der Waals surface area contributed by atoms with Crippen LogP contribution in [-0.4, -0.2) is 14.8 Å². The van der Waals surface area contributed by atoms with Crippen LogP contribution in [0.3, 0.4) is 0 Å². The largest absolute Gasteiger partial charge is 0.417 e. The highest BCUT2D eigenvalue weighted by molar-refractivity contribution is 6.32. The van der Waals surface area contributed by atoms with Gasteiger partial charge in [-0.1, -0.05) is 25.4 Å². The zero-order chi connectivity index (χ0) is 15.8. The van der Waals surface area contributed by atoms with E-state index in [1.165, 1.54) is 6.07 Å². The second-order valence-corrected chi connectivity index (χ2v) is 5.49. The Morgan fingerprint density at radius 3 is 2.57 bits per heavy atom. The van der Waals surface area contributed by atoms with Gasteiger partial charge in [-0.05, 0) is 18.4 Å². The van der Waals surface area contributed by atoms with E-state index in [0.29, 0.717) is 24.2 Å². The number of alkyl halides is 3. The average Bonchev–Trinajstić information content (AvgIpc) is 2.67. The van der Waals surface area contributed by atoms with E-state index in [-0.39, 0.29) is 10.8 Å². The first-order valence-electron chi connectivity index (χ1n) is 6.22. The van der Waals surface area contributed by atoms with Crippen molar-refractivity contribution in [3.8, 4) is 5.82 Å². The number of nitrogens with zero attached hydrogens (tertiary/aromatic N) is 2. The molecule has 0 spiro atoms. The van der Waals surface area contributed by atoms with E-state index in [1.807, 2.05) is 13.8 Å². The minimum Gasteiger partial charge on any atom is -0.294 e. The maximum atomic E-state index is 12.6. The molecule has 0 atom stereocenters. The Morgan fingerprint density at radius 2 is 2.05 bits per heavy atom. The quantitative estimate of drug-likeness (QED) is 0.942. The van der Waals surface area contributed by atoms with Crippen molar-refractivity contribution >= 4 is 11.6 Å². The second-order valence-electron chi connectivity index (χ2n) is 5.08. The van der Waals surface area contributed by atoms with Gasteiger partial charge >= 0.3 is 6.18 Å². The molecule has 0 saturated heterocycles. The molecular formula is C13H13ClF3N3O. The van der Waals surface area contributed by atoms with Crippen LogP contribution in [0.4, 0.5) is 13.2 Å². The van der Waals surface area contributed by atoms with Crippen LogP contribution in [0.2, 0.25) is 5.02 Å². The highest BCUT2D eigenvalue weighted by Gasteiger charge is 2.31. The number of aromatic nitrogens is 3. The molecule has 0 amide bonds. The lowest BCUT2D eigenvalue weighted by molar-refractivity contribution is -0.137. The molecule has 0 aromatic carbocycles. The first-order chi connectivity index (χ1) is 9.68. The number of hydrogen-bond acceptors (Lipinski definition) is 2. The highest BCUT2D eigenvalue weighted by atomic mass is 35.5. The maximum Gasteiger partial charge on any atom is 0.417 e. The predicted octanol–water partition coefficient (Wildman–Crippen LogP) is 3.43. The molecule has 4 nitrogen and oxygen atoms in total. The van der Waals surface area contributed by atoms with E-state index in [1.54, 1.807) is 0 Å². The minimum absolute atomic E-state index is 0.0512. The summed E-state index contributed by atoms with van der Waals surface area (Å²) in [4.78, 5) is 15.5. The van der Waals surface area contributed by atoms with E-state index < -0.39 is 17.3 Å². The molecule has 0 unspecified atom stereocenters. The molecule has 0 saturated carbocycles. The molecule has 2 rings (SSSR count). The summed E-state index contributed by atoms with van der Waals surface area (Å²) >= 11 is 5.81. The molecule has 0 aliphatic rings. The number of hydrogen-bond donors (Lipinski definition) is 1. The lowest BCUT2D eigenvalue weighted by Crippen LogP contribution is -2.16. The monoisotopic (exact) mass is 319 g/mol. The molecule has 114 valence electrons.